The van der Waals surface area contributed by atoms with Gasteiger partial charge >= 0.3 is 0 Å². The van der Waals surface area contributed by atoms with Crippen molar-refractivity contribution < 1.29 is 9.53 Å². The van der Waals surface area contributed by atoms with Crippen LogP contribution in [-0.4, -0.2) is 6.29 Å². The van der Waals surface area contributed by atoms with Gasteiger partial charge in [-0.2, -0.15) is 0 Å². The number of hydrogen-bond acceptors (Lipinski definition) is 2. The Hall–Kier alpha value is -1.51. The molecule has 0 spiro atoms. The third-order valence-corrected chi connectivity index (χ3v) is 2.67. The maximum absolute atomic E-state index is 10.9. The number of carbonyl (C=O) groups is 1. The van der Waals surface area contributed by atoms with Crippen molar-refractivity contribution in [3.8, 4) is 11.5 Å². The Kier molecular flexibility index (Phi) is 3.67. The van der Waals surface area contributed by atoms with Crippen LogP contribution in [0, 0.1) is 0 Å². The van der Waals surface area contributed by atoms with Crippen LogP contribution in [0.1, 0.15) is 10.4 Å². The number of hydrogen-bond donors (Lipinski definition) is 0. The molecule has 2 rings (SSSR count). The van der Waals surface area contributed by atoms with Crippen LogP contribution in [0.25, 0.3) is 0 Å². The van der Waals surface area contributed by atoms with E-state index in [4.69, 9.17) is 27.9 Å². The highest BCUT2D eigenvalue weighted by molar-refractivity contribution is 6.32. The second-order valence-corrected chi connectivity index (χ2v) is 4.18. The molecule has 4 heteroatoms. The van der Waals surface area contributed by atoms with Crippen molar-refractivity contribution in [3.63, 3.8) is 0 Å². The molecule has 0 heterocycles. The van der Waals surface area contributed by atoms with Crippen molar-refractivity contribution in [1.82, 2.24) is 0 Å². The molecule has 0 radical (unpaired) electrons. The van der Waals surface area contributed by atoms with Crippen molar-refractivity contribution in [1.29, 1.82) is 0 Å². The Bertz CT molecular complexity index is 553. The van der Waals surface area contributed by atoms with Crippen molar-refractivity contribution >= 4 is 29.5 Å². The molecule has 0 aliphatic rings. The zero-order chi connectivity index (χ0) is 12.3. The summed E-state index contributed by atoms with van der Waals surface area (Å²) in [7, 11) is 0. The summed E-state index contributed by atoms with van der Waals surface area (Å²) in [4.78, 5) is 10.9. The number of rotatable bonds is 3. The number of benzene rings is 2. The predicted molar refractivity (Wildman–Crippen MR) is 68.4 cm³/mol. The van der Waals surface area contributed by atoms with E-state index in [1.54, 1.807) is 42.5 Å². The molecular weight excluding hydrogens is 259 g/mol. The van der Waals surface area contributed by atoms with Gasteiger partial charge in [0.25, 0.3) is 0 Å². The van der Waals surface area contributed by atoms with E-state index in [2.05, 4.69) is 0 Å². The fourth-order valence-electron chi connectivity index (χ4n) is 1.37. The summed E-state index contributed by atoms with van der Waals surface area (Å²) in [5.74, 6) is 0.875. The first-order valence-electron chi connectivity index (χ1n) is 4.88. The summed E-state index contributed by atoms with van der Waals surface area (Å²) in [6.07, 6.45) is 0.700. The summed E-state index contributed by atoms with van der Waals surface area (Å²) in [6, 6.07) is 11.9. The molecule has 0 saturated heterocycles. The second kappa shape index (κ2) is 5.21. The van der Waals surface area contributed by atoms with Crippen LogP contribution in [0.3, 0.4) is 0 Å². The van der Waals surface area contributed by atoms with Gasteiger partial charge in [-0.05, 0) is 30.3 Å². The quantitative estimate of drug-likeness (QED) is 0.760. The summed E-state index contributed by atoms with van der Waals surface area (Å²) in [6.45, 7) is 0. The third kappa shape index (κ3) is 2.78. The predicted octanol–water partition coefficient (Wildman–Crippen LogP) is 4.60. The number of para-hydroxylation sites is 1. The van der Waals surface area contributed by atoms with E-state index in [1.165, 1.54) is 0 Å². The average molecular weight is 267 g/mol. The molecule has 2 aromatic rings. The monoisotopic (exact) mass is 266 g/mol. The molecular formula is C13H8Cl2O2. The SMILES string of the molecule is O=Cc1cccc(Cl)c1Oc1cccc(Cl)c1. The van der Waals surface area contributed by atoms with E-state index in [9.17, 15) is 4.79 Å². The molecule has 0 aliphatic carbocycles. The minimum Gasteiger partial charge on any atom is -0.455 e. The van der Waals surface area contributed by atoms with Crippen molar-refractivity contribution in [2.75, 3.05) is 0 Å². The molecule has 0 unspecified atom stereocenters. The zero-order valence-corrected chi connectivity index (χ0v) is 10.2. The average Bonchev–Trinajstić information content (AvgIpc) is 2.32. The molecule has 0 N–H and O–H groups in total. The smallest absolute Gasteiger partial charge is 0.156 e. The molecule has 0 aromatic heterocycles. The standard InChI is InChI=1S/C13H8Cl2O2/c14-10-4-2-5-11(7-10)17-13-9(8-16)3-1-6-12(13)15/h1-8H. The Morgan fingerprint density at radius 2 is 1.82 bits per heavy atom. The molecule has 86 valence electrons. The highest BCUT2D eigenvalue weighted by atomic mass is 35.5. The fourth-order valence-corrected chi connectivity index (χ4v) is 1.78. The highest BCUT2D eigenvalue weighted by Crippen LogP contribution is 2.32. The van der Waals surface area contributed by atoms with E-state index in [0.29, 0.717) is 33.4 Å². The Balaban J connectivity index is 2.39. The molecule has 2 aromatic carbocycles. The zero-order valence-electron chi connectivity index (χ0n) is 8.69. The van der Waals surface area contributed by atoms with Crippen LogP contribution < -0.4 is 4.74 Å². The van der Waals surface area contributed by atoms with Crippen molar-refractivity contribution in [3.05, 3.63) is 58.1 Å². The van der Waals surface area contributed by atoms with Crippen LogP contribution in [-0.2, 0) is 0 Å². The molecule has 0 fully saturated rings. The first-order chi connectivity index (χ1) is 8.20. The molecule has 2 nitrogen and oxygen atoms in total. The van der Waals surface area contributed by atoms with Gasteiger partial charge in [0.1, 0.15) is 5.75 Å². The number of aldehydes is 1. The summed E-state index contributed by atoms with van der Waals surface area (Å²) in [5, 5.41) is 0.941. The van der Waals surface area contributed by atoms with Gasteiger partial charge in [-0.15, -0.1) is 0 Å². The summed E-state index contributed by atoms with van der Waals surface area (Å²) in [5.41, 5.74) is 0.400. The minimum atomic E-state index is 0.339. The van der Waals surface area contributed by atoms with Gasteiger partial charge in [-0.3, -0.25) is 4.79 Å². The Morgan fingerprint density at radius 1 is 1.06 bits per heavy atom. The van der Waals surface area contributed by atoms with Crippen LogP contribution >= 0.6 is 23.2 Å². The van der Waals surface area contributed by atoms with Crippen molar-refractivity contribution in [2.24, 2.45) is 0 Å². The number of ether oxygens (including phenoxy) is 1. The number of halogens is 2. The van der Waals surface area contributed by atoms with Crippen molar-refractivity contribution in [2.45, 2.75) is 0 Å². The van der Waals surface area contributed by atoms with Gasteiger partial charge in [0, 0.05) is 5.02 Å². The van der Waals surface area contributed by atoms with E-state index in [-0.39, 0.29) is 0 Å². The first-order valence-corrected chi connectivity index (χ1v) is 5.63. The largest absolute Gasteiger partial charge is 0.455 e. The first kappa shape index (κ1) is 12.0. The van der Waals surface area contributed by atoms with Gasteiger partial charge in [0.05, 0.1) is 10.6 Å². The molecule has 0 aliphatic heterocycles. The van der Waals surface area contributed by atoms with Gasteiger partial charge in [0.2, 0.25) is 0 Å². The maximum atomic E-state index is 10.9. The van der Waals surface area contributed by atoms with E-state index in [1.807, 2.05) is 0 Å². The van der Waals surface area contributed by atoms with Gasteiger partial charge in [-0.1, -0.05) is 35.3 Å². The normalized spacial score (nSPS) is 10.0. The number of carbonyl (C=O) groups excluding carboxylic acids is 1. The highest BCUT2D eigenvalue weighted by Gasteiger charge is 2.09. The second-order valence-electron chi connectivity index (χ2n) is 3.34. The Morgan fingerprint density at radius 3 is 2.53 bits per heavy atom. The molecule has 17 heavy (non-hydrogen) atoms. The summed E-state index contributed by atoms with van der Waals surface area (Å²) >= 11 is 11.8. The van der Waals surface area contributed by atoms with Gasteiger partial charge in [-0.25, -0.2) is 0 Å². The van der Waals surface area contributed by atoms with Gasteiger partial charge in [0.15, 0.2) is 12.0 Å². The van der Waals surface area contributed by atoms with Crippen LogP contribution in [0.4, 0.5) is 0 Å². The lowest BCUT2D eigenvalue weighted by atomic mass is 10.2. The lowest BCUT2D eigenvalue weighted by Gasteiger charge is -2.09. The lowest BCUT2D eigenvalue weighted by Crippen LogP contribution is -1.91. The fraction of sp³-hybridized carbons (Fsp3) is 0. The lowest BCUT2D eigenvalue weighted by molar-refractivity contribution is 0.112. The van der Waals surface area contributed by atoms with Crippen LogP contribution in [0.15, 0.2) is 42.5 Å². The Labute approximate surface area is 109 Å². The molecule has 0 amide bonds. The van der Waals surface area contributed by atoms with Crippen LogP contribution in [0.5, 0.6) is 11.5 Å². The third-order valence-electron chi connectivity index (χ3n) is 2.14. The van der Waals surface area contributed by atoms with E-state index < -0.39 is 0 Å². The van der Waals surface area contributed by atoms with Crippen LogP contribution in [0.2, 0.25) is 10.0 Å². The summed E-state index contributed by atoms with van der Waals surface area (Å²) < 4.78 is 5.56. The van der Waals surface area contributed by atoms with E-state index >= 15 is 0 Å². The molecule has 0 bridgehead atoms. The maximum Gasteiger partial charge on any atom is 0.156 e. The van der Waals surface area contributed by atoms with E-state index in [0.717, 1.165) is 0 Å². The minimum absolute atomic E-state index is 0.339. The topological polar surface area (TPSA) is 26.3 Å². The molecule has 0 saturated carbocycles. The van der Waals surface area contributed by atoms with Gasteiger partial charge < -0.3 is 4.74 Å². The molecule has 0 atom stereocenters.